The molecule has 8 nitrogen and oxygen atoms in total. The van der Waals surface area contributed by atoms with E-state index in [1.54, 1.807) is 30.3 Å². The maximum absolute atomic E-state index is 12.5. The monoisotopic (exact) mass is 385 g/mol. The lowest BCUT2D eigenvalue weighted by molar-refractivity contribution is -0.386. The zero-order chi connectivity index (χ0) is 20.5. The Bertz CT molecular complexity index is 853. The summed E-state index contributed by atoms with van der Waals surface area (Å²) in [5, 5.41) is 16.5. The Labute approximate surface area is 163 Å². The molecule has 0 bridgehead atoms. The average molecular weight is 385 g/mol. The number of ether oxygens (including phenoxy) is 1. The topological polar surface area (TPSA) is 111 Å². The first-order valence-electron chi connectivity index (χ1n) is 9.02. The summed E-state index contributed by atoms with van der Waals surface area (Å²) in [5.41, 5.74) is 0.460. The fourth-order valence-electron chi connectivity index (χ4n) is 2.45. The normalized spacial score (nSPS) is 11.4. The first-order valence-corrected chi connectivity index (χ1v) is 9.02. The predicted molar refractivity (Wildman–Crippen MR) is 105 cm³/mol. The molecule has 0 aromatic heterocycles. The number of rotatable bonds is 9. The van der Waals surface area contributed by atoms with Crippen molar-refractivity contribution in [2.24, 2.45) is 0 Å². The van der Waals surface area contributed by atoms with Gasteiger partial charge in [0.05, 0.1) is 16.2 Å². The van der Waals surface area contributed by atoms with Crippen LogP contribution >= 0.6 is 0 Å². The van der Waals surface area contributed by atoms with Crippen LogP contribution in [0.25, 0.3) is 0 Å². The quantitative estimate of drug-likeness (QED) is 0.390. The standard InChI is InChI=1S/C20H23N3O5/c1-3-4-13-21-20(25)15-9-5-6-10-16(15)22-19(24)14(2)28-18-12-8-7-11-17(18)23(26)27/h5-12,14H,3-4,13H2,1-2H3,(H,21,25)(H,22,24). The molecule has 2 aromatic rings. The van der Waals surface area contributed by atoms with Crippen molar-refractivity contribution in [3.63, 3.8) is 0 Å². The molecule has 148 valence electrons. The van der Waals surface area contributed by atoms with Crippen molar-refractivity contribution in [2.75, 3.05) is 11.9 Å². The minimum absolute atomic E-state index is 0.000689. The van der Waals surface area contributed by atoms with Gasteiger partial charge in [-0.2, -0.15) is 0 Å². The Morgan fingerprint density at radius 3 is 2.54 bits per heavy atom. The van der Waals surface area contributed by atoms with Gasteiger partial charge in [-0.3, -0.25) is 19.7 Å². The van der Waals surface area contributed by atoms with Crippen molar-refractivity contribution in [3.8, 4) is 5.75 Å². The zero-order valence-corrected chi connectivity index (χ0v) is 15.8. The van der Waals surface area contributed by atoms with Gasteiger partial charge in [0.15, 0.2) is 11.9 Å². The van der Waals surface area contributed by atoms with E-state index >= 15 is 0 Å². The minimum Gasteiger partial charge on any atom is -0.474 e. The number of benzene rings is 2. The smallest absolute Gasteiger partial charge is 0.310 e. The summed E-state index contributed by atoms with van der Waals surface area (Å²) in [5.74, 6) is -0.802. The second kappa shape index (κ2) is 10.1. The van der Waals surface area contributed by atoms with Crippen LogP contribution in [0.5, 0.6) is 5.75 Å². The maximum atomic E-state index is 12.5. The van der Waals surface area contributed by atoms with E-state index < -0.39 is 16.9 Å². The van der Waals surface area contributed by atoms with Crippen LogP contribution in [0.15, 0.2) is 48.5 Å². The largest absolute Gasteiger partial charge is 0.474 e. The SMILES string of the molecule is CCCCNC(=O)c1ccccc1NC(=O)C(C)Oc1ccccc1[N+](=O)[O-]. The zero-order valence-electron chi connectivity index (χ0n) is 15.8. The van der Waals surface area contributed by atoms with Crippen LogP contribution < -0.4 is 15.4 Å². The van der Waals surface area contributed by atoms with Crippen LogP contribution in [0.2, 0.25) is 0 Å². The summed E-state index contributed by atoms with van der Waals surface area (Å²) in [7, 11) is 0. The van der Waals surface area contributed by atoms with E-state index in [2.05, 4.69) is 10.6 Å². The van der Waals surface area contributed by atoms with Gasteiger partial charge < -0.3 is 15.4 Å². The van der Waals surface area contributed by atoms with Gasteiger partial charge in [0.1, 0.15) is 0 Å². The molecule has 2 rings (SSSR count). The number of carbonyl (C=O) groups is 2. The number of nitro benzene ring substituents is 1. The highest BCUT2D eigenvalue weighted by atomic mass is 16.6. The van der Waals surface area contributed by atoms with E-state index in [-0.39, 0.29) is 17.3 Å². The van der Waals surface area contributed by atoms with Crippen molar-refractivity contribution in [1.82, 2.24) is 5.32 Å². The van der Waals surface area contributed by atoms with Crippen LogP contribution in [0, 0.1) is 10.1 Å². The summed E-state index contributed by atoms with van der Waals surface area (Å²) in [4.78, 5) is 35.3. The minimum atomic E-state index is -1.00. The molecular weight excluding hydrogens is 362 g/mol. The van der Waals surface area contributed by atoms with Crippen LogP contribution in [0.4, 0.5) is 11.4 Å². The molecule has 28 heavy (non-hydrogen) atoms. The number of amides is 2. The van der Waals surface area contributed by atoms with Crippen LogP contribution in [-0.2, 0) is 4.79 Å². The van der Waals surface area contributed by atoms with E-state index in [1.165, 1.54) is 25.1 Å². The van der Waals surface area contributed by atoms with E-state index in [0.717, 1.165) is 12.8 Å². The number of hydrogen-bond donors (Lipinski definition) is 2. The maximum Gasteiger partial charge on any atom is 0.310 e. The molecule has 0 saturated carbocycles. The third-order valence-electron chi connectivity index (χ3n) is 3.98. The van der Waals surface area contributed by atoms with E-state index in [1.807, 2.05) is 6.92 Å². The third-order valence-corrected chi connectivity index (χ3v) is 3.98. The number of nitrogens with zero attached hydrogens (tertiary/aromatic N) is 1. The molecule has 0 aliphatic carbocycles. The lowest BCUT2D eigenvalue weighted by Crippen LogP contribution is -2.32. The molecule has 0 spiro atoms. The number of nitro groups is 1. The highest BCUT2D eigenvalue weighted by Crippen LogP contribution is 2.27. The lowest BCUT2D eigenvalue weighted by Gasteiger charge is -2.16. The molecule has 8 heteroatoms. The lowest BCUT2D eigenvalue weighted by atomic mass is 10.1. The van der Waals surface area contributed by atoms with Crippen LogP contribution in [0.1, 0.15) is 37.0 Å². The van der Waals surface area contributed by atoms with Crippen molar-refractivity contribution in [2.45, 2.75) is 32.8 Å². The second-order valence-electron chi connectivity index (χ2n) is 6.13. The highest BCUT2D eigenvalue weighted by Gasteiger charge is 2.22. The summed E-state index contributed by atoms with van der Waals surface area (Å²) in [6.45, 7) is 4.06. The fourth-order valence-corrected chi connectivity index (χ4v) is 2.45. The number of hydrogen-bond acceptors (Lipinski definition) is 5. The van der Waals surface area contributed by atoms with Gasteiger partial charge in [-0.15, -0.1) is 0 Å². The molecule has 2 amide bonds. The predicted octanol–water partition coefficient (Wildman–Crippen LogP) is 3.53. The summed E-state index contributed by atoms with van der Waals surface area (Å²) in [6.07, 6.45) is 0.817. The van der Waals surface area contributed by atoms with Crippen LogP contribution in [0.3, 0.4) is 0 Å². The molecule has 0 radical (unpaired) electrons. The number of para-hydroxylation sites is 3. The first kappa shape index (κ1) is 20.9. The van der Waals surface area contributed by atoms with Crippen LogP contribution in [-0.4, -0.2) is 29.4 Å². The molecule has 1 atom stereocenters. The van der Waals surface area contributed by atoms with E-state index in [4.69, 9.17) is 4.74 Å². The average Bonchev–Trinajstić information content (AvgIpc) is 2.68. The summed E-state index contributed by atoms with van der Waals surface area (Å²) in [6, 6.07) is 12.5. The van der Waals surface area contributed by atoms with Crippen molar-refractivity contribution < 1.29 is 19.2 Å². The van der Waals surface area contributed by atoms with Gasteiger partial charge in [-0.25, -0.2) is 0 Å². The molecule has 1 unspecified atom stereocenters. The Morgan fingerprint density at radius 2 is 1.82 bits per heavy atom. The van der Waals surface area contributed by atoms with Gasteiger partial charge in [0.2, 0.25) is 0 Å². The third kappa shape index (κ3) is 5.54. The molecular formula is C20H23N3O5. The molecule has 0 heterocycles. The fraction of sp³-hybridized carbons (Fsp3) is 0.300. The Hall–Kier alpha value is -3.42. The van der Waals surface area contributed by atoms with Gasteiger partial charge in [-0.05, 0) is 31.5 Å². The van der Waals surface area contributed by atoms with Gasteiger partial charge in [0, 0.05) is 12.6 Å². The number of anilines is 1. The Kier molecular flexibility index (Phi) is 7.50. The van der Waals surface area contributed by atoms with Crippen molar-refractivity contribution >= 4 is 23.2 Å². The summed E-state index contributed by atoms with van der Waals surface area (Å²) < 4.78 is 5.47. The first-order chi connectivity index (χ1) is 13.4. The molecule has 2 N–H and O–H groups in total. The number of carbonyl (C=O) groups excluding carboxylic acids is 2. The highest BCUT2D eigenvalue weighted by molar-refractivity contribution is 6.04. The van der Waals surface area contributed by atoms with Gasteiger partial charge in [-0.1, -0.05) is 37.6 Å². The van der Waals surface area contributed by atoms with Crippen molar-refractivity contribution in [1.29, 1.82) is 0 Å². The Morgan fingerprint density at radius 1 is 1.14 bits per heavy atom. The number of unbranched alkanes of at least 4 members (excludes halogenated alkanes) is 1. The van der Waals surface area contributed by atoms with Crippen molar-refractivity contribution in [3.05, 3.63) is 64.2 Å². The molecule has 0 saturated heterocycles. The Balaban J connectivity index is 2.09. The molecule has 0 fully saturated rings. The van der Waals surface area contributed by atoms with Gasteiger partial charge in [0.25, 0.3) is 11.8 Å². The molecule has 2 aromatic carbocycles. The van der Waals surface area contributed by atoms with E-state index in [0.29, 0.717) is 17.8 Å². The van der Waals surface area contributed by atoms with E-state index in [9.17, 15) is 19.7 Å². The second-order valence-corrected chi connectivity index (χ2v) is 6.13. The van der Waals surface area contributed by atoms with Gasteiger partial charge >= 0.3 is 5.69 Å². The number of nitrogens with one attached hydrogen (secondary N) is 2. The summed E-state index contributed by atoms with van der Waals surface area (Å²) >= 11 is 0. The molecule has 0 aliphatic rings. The molecule has 0 aliphatic heterocycles.